The van der Waals surface area contributed by atoms with E-state index < -0.39 is 0 Å². The van der Waals surface area contributed by atoms with Gasteiger partial charge in [-0.25, -0.2) is 4.98 Å². The molecular formula is C36H44IrNO3-. The summed E-state index contributed by atoms with van der Waals surface area (Å²) in [5.74, 6) is 1.83. The number of benzene rings is 3. The minimum Gasteiger partial charge on any atom is -0.512 e. The van der Waals surface area contributed by atoms with Crippen molar-refractivity contribution in [1.29, 1.82) is 0 Å². The predicted octanol–water partition coefficient (Wildman–Crippen LogP) is 10.1. The predicted molar refractivity (Wildman–Crippen MR) is 167 cm³/mol. The Bertz CT molecular complexity index is 1430. The van der Waals surface area contributed by atoms with E-state index in [9.17, 15) is 9.90 Å². The van der Waals surface area contributed by atoms with E-state index in [2.05, 4.69) is 68.2 Å². The van der Waals surface area contributed by atoms with Crippen LogP contribution in [-0.4, -0.2) is 15.9 Å². The third kappa shape index (κ3) is 8.74. The van der Waals surface area contributed by atoms with Crippen LogP contribution in [0.4, 0.5) is 0 Å². The van der Waals surface area contributed by atoms with E-state index in [-0.39, 0.29) is 48.9 Å². The molecule has 1 radical (unpaired) electrons. The largest absolute Gasteiger partial charge is 0.512 e. The average Bonchev–Trinajstić information content (AvgIpc) is 2.94. The van der Waals surface area contributed by atoms with Gasteiger partial charge in [-0.05, 0) is 65.0 Å². The molecule has 41 heavy (non-hydrogen) atoms. The minimum atomic E-state index is 0. The summed E-state index contributed by atoms with van der Waals surface area (Å²) in [4.78, 5) is 16.2. The summed E-state index contributed by atoms with van der Waals surface area (Å²) in [5.41, 5.74) is 1.45. The monoisotopic (exact) mass is 731 g/mol. The molecule has 5 heteroatoms. The molecule has 4 aromatic rings. The molecule has 1 heterocycles. The van der Waals surface area contributed by atoms with Gasteiger partial charge < -0.3 is 9.84 Å². The first-order valence-electron chi connectivity index (χ1n) is 14.5. The molecule has 0 amide bonds. The first-order valence-corrected chi connectivity index (χ1v) is 14.5. The molecule has 221 valence electrons. The Morgan fingerprint density at radius 2 is 1.49 bits per heavy atom. The zero-order chi connectivity index (χ0) is 29.3. The van der Waals surface area contributed by atoms with Crippen molar-refractivity contribution in [1.82, 2.24) is 4.98 Å². The van der Waals surface area contributed by atoms with Crippen LogP contribution in [0.25, 0.3) is 21.5 Å². The molecular weight excluding hydrogens is 687 g/mol. The maximum absolute atomic E-state index is 11.7. The molecule has 1 N–H and O–H groups in total. The molecule has 0 aliphatic carbocycles. The molecule has 0 unspecified atom stereocenters. The Morgan fingerprint density at radius 3 is 2.07 bits per heavy atom. The maximum atomic E-state index is 11.7. The van der Waals surface area contributed by atoms with Gasteiger partial charge in [-0.1, -0.05) is 72.7 Å². The van der Waals surface area contributed by atoms with Gasteiger partial charge in [0.1, 0.15) is 0 Å². The van der Waals surface area contributed by atoms with E-state index >= 15 is 0 Å². The van der Waals surface area contributed by atoms with E-state index in [0.29, 0.717) is 11.6 Å². The second-order valence-corrected chi connectivity index (χ2v) is 11.3. The molecule has 0 fully saturated rings. The Balaban J connectivity index is 0.000000320. The summed E-state index contributed by atoms with van der Waals surface area (Å²) >= 11 is 0. The Hall–Kier alpha value is -3.01. The summed E-state index contributed by atoms with van der Waals surface area (Å²) in [5, 5.41) is 14.4. The van der Waals surface area contributed by atoms with Gasteiger partial charge in [0, 0.05) is 55.3 Å². The molecule has 0 bridgehead atoms. The van der Waals surface area contributed by atoms with E-state index in [1.54, 1.807) is 0 Å². The van der Waals surface area contributed by atoms with Crippen LogP contribution in [0.3, 0.4) is 0 Å². The number of aromatic nitrogens is 1. The first-order chi connectivity index (χ1) is 19.1. The molecule has 4 nitrogen and oxygen atoms in total. The van der Waals surface area contributed by atoms with Crippen LogP contribution in [0.1, 0.15) is 79.7 Å². The van der Waals surface area contributed by atoms with Crippen LogP contribution in [0, 0.1) is 17.9 Å². The normalized spacial score (nSPS) is 11.8. The van der Waals surface area contributed by atoms with Gasteiger partial charge in [0.25, 0.3) is 0 Å². The fourth-order valence-corrected chi connectivity index (χ4v) is 5.06. The first kappa shape index (κ1) is 34.2. The number of ketones is 1. The van der Waals surface area contributed by atoms with Gasteiger partial charge in [0.05, 0.1) is 5.76 Å². The molecule has 0 aliphatic heterocycles. The smallest absolute Gasteiger partial charge is 0.224 e. The Labute approximate surface area is 259 Å². The third-order valence-electron chi connectivity index (χ3n) is 7.54. The number of carbonyl (C=O) groups is 1. The van der Waals surface area contributed by atoms with Crippen LogP contribution >= 0.6 is 0 Å². The van der Waals surface area contributed by atoms with Gasteiger partial charge in [-0.3, -0.25) is 4.79 Å². The minimum absolute atomic E-state index is 0. The number of nitrogens with zero attached hydrogens (tertiary/aromatic N) is 1. The zero-order valence-electron chi connectivity index (χ0n) is 25.5. The number of aliphatic hydroxyl groups is 1. The molecule has 1 aromatic heterocycles. The molecule has 0 atom stereocenters. The van der Waals surface area contributed by atoms with Crippen molar-refractivity contribution in [2.24, 2.45) is 11.8 Å². The summed E-state index contributed by atoms with van der Waals surface area (Å²) in [6, 6.07) is 23.5. The van der Waals surface area contributed by atoms with Gasteiger partial charge >= 0.3 is 0 Å². The molecule has 0 saturated heterocycles. The number of carbonyl (C=O) groups excluding carboxylic acids is 1. The van der Waals surface area contributed by atoms with Crippen molar-refractivity contribution >= 4 is 27.3 Å². The standard InChI is InChI=1S/C23H20NO.C13H24O2.Ir/c1-23(2,3)21-11-7-10-17-18-14-15-24-22(20(18)13-12-19(17)21)25-16-8-5-4-6-9-16;1-5-10(6-2)12(14)9-13(15)11(7-3)8-4;/h4-8,10-15H,1-3H3;9-11,14H,5-8H2,1-4H3;/q-1;;/b;12-9-;. The number of rotatable bonds is 9. The van der Waals surface area contributed by atoms with Crippen LogP contribution in [0.15, 0.2) is 78.7 Å². The number of hydrogen-bond donors (Lipinski definition) is 1. The Kier molecular flexibility index (Phi) is 13.2. The topological polar surface area (TPSA) is 59.4 Å². The fraction of sp³-hybridized carbons (Fsp3) is 0.389. The SMILES string of the molecule is CC(C)(C)c1cccc2c1ccc1c(Oc3[c-]cccc3)nccc12.CCC(CC)C(=O)/C=C(\O)C(CC)CC.[Ir]. The van der Waals surface area contributed by atoms with Gasteiger partial charge in [0.15, 0.2) is 5.78 Å². The quantitative estimate of drug-likeness (QED) is 0.0806. The van der Waals surface area contributed by atoms with Crippen molar-refractivity contribution in [3.05, 3.63) is 90.3 Å². The number of ether oxygens (including phenoxy) is 1. The van der Waals surface area contributed by atoms with Crippen LogP contribution in [0.5, 0.6) is 11.6 Å². The number of para-hydroxylation sites is 1. The number of allylic oxidation sites excluding steroid dienone is 2. The summed E-state index contributed by atoms with van der Waals surface area (Å²) < 4.78 is 5.97. The van der Waals surface area contributed by atoms with Gasteiger partial charge in [0.2, 0.25) is 5.88 Å². The van der Waals surface area contributed by atoms with Crippen molar-refractivity contribution in [2.75, 3.05) is 0 Å². The second kappa shape index (κ2) is 15.8. The van der Waals surface area contributed by atoms with Crippen molar-refractivity contribution < 1.29 is 34.7 Å². The van der Waals surface area contributed by atoms with E-state index in [1.807, 2.05) is 58.2 Å². The van der Waals surface area contributed by atoms with Crippen LogP contribution < -0.4 is 4.74 Å². The van der Waals surface area contributed by atoms with Crippen LogP contribution in [-0.2, 0) is 30.3 Å². The number of fused-ring (bicyclic) bond motifs is 3. The maximum Gasteiger partial charge on any atom is 0.224 e. The number of pyridine rings is 1. The van der Waals surface area contributed by atoms with Crippen molar-refractivity contribution in [2.45, 2.75) is 79.6 Å². The summed E-state index contributed by atoms with van der Waals surface area (Å²) in [6.45, 7) is 14.8. The van der Waals surface area contributed by atoms with Crippen molar-refractivity contribution in [3.8, 4) is 11.6 Å². The average molecular weight is 731 g/mol. The summed E-state index contributed by atoms with van der Waals surface area (Å²) in [7, 11) is 0. The van der Waals surface area contributed by atoms with Crippen LogP contribution in [0.2, 0.25) is 0 Å². The van der Waals surface area contributed by atoms with E-state index in [0.717, 1.165) is 36.5 Å². The molecule has 0 saturated carbocycles. The fourth-order valence-electron chi connectivity index (χ4n) is 5.06. The van der Waals surface area contributed by atoms with Gasteiger partial charge in [-0.15, -0.1) is 12.1 Å². The molecule has 3 aromatic carbocycles. The zero-order valence-corrected chi connectivity index (χ0v) is 27.9. The van der Waals surface area contributed by atoms with Crippen molar-refractivity contribution in [3.63, 3.8) is 0 Å². The number of aliphatic hydroxyl groups excluding tert-OH is 1. The second-order valence-electron chi connectivity index (χ2n) is 11.3. The number of hydrogen-bond acceptors (Lipinski definition) is 4. The molecule has 0 spiro atoms. The molecule has 0 aliphatic rings. The summed E-state index contributed by atoms with van der Waals surface area (Å²) in [6.07, 6.45) is 6.72. The molecule has 4 rings (SSSR count). The van der Waals surface area contributed by atoms with E-state index in [4.69, 9.17) is 4.74 Å². The van der Waals surface area contributed by atoms with Gasteiger partial charge in [-0.2, -0.15) is 18.2 Å². The van der Waals surface area contributed by atoms with E-state index in [1.165, 1.54) is 22.4 Å². The third-order valence-corrected chi connectivity index (χ3v) is 7.54. The Morgan fingerprint density at radius 1 is 0.854 bits per heavy atom.